The van der Waals surface area contributed by atoms with E-state index in [1.165, 1.54) is 12.3 Å². The van der Waals surface area contributed by atoms with Gasteiger partial charge < -0.3 is 20.4 Å². The van der Waals surface area contributed by atoms with Gasteiger partial charge in [-0.25, -0.2) is 9.97 Å². The molecule has 4 rings (SSSR count). The summed E-state index contributed by atoms with van der Waals surface area (Å²) in [6.45, 7) is 5.36. The fraction of sp³-hybridized carbons (Fsp3) is 0.125. The number of H-pyrrole nitrogens is 1. The molecule has 4 aromatic rings. The van der Waals surface area contributed by atoms with Crippen molar-refractivity contribution in [2.24, 2.45) is 0 Å². The first-order valence-electron chi connectivity index (χ1n) is 10.3. The summed E-state index contributed by atoms with van der Waals surface area (Å²) in [4.78, 5) is 40.2. The molecule has 3 heterocycles. The van der Waals surface area contributed by atoms with Gasteiger partial charge in [0, 0.05) is 36.4 Å². The average molecular weight is 442 g/mol. The number of amides is 2. The Balaban J connectivity index is 1.49. The molecule has 9 nitrogen and oxygen atoms in total. The molecule has 2 amide bonds. The normalized spacial score (nSPS) is 11.5. The van der Waals surface area contributed by atoms with Gasteiger partial charge in [0.2, 0.25) is 11.8 Å². The molecule has 0 fully saturated rings. The van der Waals surface area contributed by atoms with Gasteiger partial charge in [-0.1, -0.05) is 18.7 Å². The zero-order chi connectivity index (χ0) is 23.2. The molecular formula is C24H22N6O3. The van der Waals surface area contributed by atoms with E-state index < -0.39 is 0 Å². The third-order valence-corrected chi connectivity index (χ3v) is 4.75. The minimum Gasteiger partial charge on any atom is -0.437 e. The Hall–Kier alpha value is -4.53. The molecule has 0 aliphatic heterocycles. The number of hydrogen-bond acceptors (Lipinski definition) is 6. The molecule has 1 atom stereocenters. The lowest BCUT2D eigenvalue weighted by atomic mass is 10.1. The smallest absolute Gasteiger partial charge is 0.255 e. The molecule has 3 N–H and O–H groups in total. The van der Waals surface area contributed by atoms with Gasteiger partial charge >= 0.3 is 0 Å². The number of pyridine rings is 1. The first-order chi connectivity index (χ1) is 16.0. The quantitative estimate of drug-likeness (QED) is 0.358. The fourth-order valence-electron chi connectivity index (χ4n) is 3.27. The van der Waals surface area contributed by atoms with E-state index in [4.69, 9.17) is 4.74 Å². The van der Waals surface area contributed by atoms with Crippen LogP contribution in [0.1, 0.15) is 22.8 Å². The van der Waals surface area contributed by atoms with Crippen LogP contribution in [0.25, 0.3) is 11.2 Å². The number of hydrogen-bond donors (Lipinski definition) is 3. The van der Waals surface area contributed by atoms with Gasteiger partial charge in [-0.15, -0.1) is 0 Å². The number of anilines is 1. The molecule has 0 radical (unpaired) electrons. The minimum absolute atomic E-state index is 0.104. The van der Waals surface area contributed by atoms with Crippen LogP contribution in [-0.2, 0) is 11.2 Å². The molecule has 0 aliphatic rings. The number of rotatable bonds is 8. The van der Waals surface area contributed by atoms with E-state index in [1.807, 2.05) is 19.1 Å². The second-order valence-corrected chi connectivity index (χ2v) is 7.37. The average Bonchev–Trinajstić information content (AvgIpc) is 3.23. The van der Waals surface area contributed by atoms with Crippen molar-refractivity contribution in [2.45, 2.75) is 19.4 Å². The van der Waals surface area contributed by atoms with Crippen LogP contribution in [0.4, 0.5) is 5.69 Å². The molecule has 3 aromatic heterocycles. The minimum atomic E-state index is -0.325. The van der Waals surface area contributed by atoms with Crippen LogP contribution in [0.15, 0.2) is 73.8 Å². The number of aromatic nitrogens is 4. The zero-order valence-corrected chi connectivity index (χ0v) is 17.9. The highest BCUT2D eigenvalue weighted by molar-refractivity contribution is 6.04. The van der Waals surface area contributed by atoms with Crippen molar-refractivity contribution in [1.82, 2.24) is 25.3 Å². The summed E-state index contributed by atoms with van der Waals surface area (Å²) in [6.07, 6.45) is 8.36. The third-order valence-electron chi connectivity index (χ3n) is 4.75. The van der Waals surface area contributed by atoms with Crippen molar-refractivity contribution in [3.8, 4) is 11.6 Å². The highest BCUT2D eigenvalue weighted by Crippen LogP contribution is 2.25. The Morgan fingerprint density at radius 2 is 2.12 bits per heavy atom. The first-order valence-corrected chi connectivity index (χ1v) is 10.3. The number of fused-ring (bicyclic) bond motifs is 1. The molecule has 0 aliphatic carbocycles. The summed E-state index contributed by atoms with van der Waals surface area (Å²) in [5.41, 5.74) is 2.82. The van der Waals surface area contributed by atoms with Gasteiger partial charge in [-0.2, -0.15) is 0 Å². The monoisotopic (exact) mass is 442 g/mol. The van der Waals surface area contributed by atoms with E-state index in [0.717, 1.165) is 5.56 Å². The summed E-state index contributed by atoms with van der Waals surface area (Å²) < 4.78 is 5.80. The van der Waals surface area contributed by atoms with Gasteiger partial charge in [0.15, 0.2) is 5.65 Å². The fourth-order valence-corrected chi connectivity index (χ4v) is 3.27. The summed E-state index contributed by atoms with van der Waals surface area (Å²) in [5, 5.41) is 5.65. The molecule has 1 aromatic carbocycles. The predicted molar refractivity (Wildman–Crippen MR) is 124 cm³/mol. The highest BCUT2D eigenvalue weighted by atomic mass is 16.5. The molecule has 1 unspecified atom stereocenters. The van der Waals surface area contributed by atoms with Crippen LogP contribution in [0.2, 0.25) is 0 Å². The van der Waals surface area contributed by atoms with Gasteiger partial charge in [-0.3, -0.25) is 14.6 Å². The zero-order valence-electron chi connectivity index (χ0n) is 17.9. The summed E-state index contributed by atoms with van der Waals surface area (Å²) in [5.74, 6) is 0.0798. The number of carbonyl (C=O) groups is 2. The number of nitrogens with zero attached hydrogens (tertiary/aromatic N) is 3. The van der Waals surface area contributed by atoms with Crippen LogP contribution in [-0.4, -0.2) is 37.8 Å². The van der Waals surface area contributed by atoms with Crippen molar-refractivity contribution >= 4 is 28.7 Å². The number of ether oxygens (including phenoxy) is 1. The number of aromatic amines is 1. The molecule has 0 bridgehead atoms. The number of carbonyl (C=O) groups excluding carboxylic acids is 2. The number of benzene rings is 1. The molecule has 0 saturated carbocycles. The maximum atomic E-state index is 12.9. The van der Waals surface area contributed by atoms with E-state index in [9.17, 15) is 9.59 Å². The molecule has 9 heteroatoms. The molecular weight excluding hydrogens is 420 g/mol. The van der Waals surface area contributed by atoms with Gasteiger partial charge in [0.25, 0.3) is 5.91 Å². The van der Waals surface area contributed by atoms with Crippen molar-refractivity contribution in [3.05, 3.63) is 85.0 Å². The van der Waals surface area contributed by atoms with Gasteiger partial charge in [0.1, 0.15) is 11.3 Å². The van der Waals surface area contributed by atoms with Crippen molar-refractivity contribution in [2.75, 3.05) is 5.32 Å². The highest BCUT2D eigenvalue weighted by Gasteiger charge is 2.17. The Morgan fingerprint density at radius 1 is 1.24 bits per heavy atom. The first kappa shape index (κ1) is 21.7. The van der Waals surface area contributed by atoms with E-state index in [0.29, 0.717) is 34.6 Å². The Morgan fingerprint density at radius 3 is 2.91 bits per heavy atom. The Bertz CT molecular complexity index is 1300. The van der Waals surface area contributed by atoms with Crippen molar-refractivity contribution < 1.29 is 14.3 Å². The molecule has 33 heavy (non-hydrogen) atoms. The maximum absolute atomic E-state index is 12.9. The van der Waals surface area contributed by atoms with Crippen LogP contribution >= 0.6 is 0 Å². The molecule has 166 valence electrons. The standard InChI is InChI=1S/C24H22N6O3/c1-3-20(31)29-17-7-4-8-18(11-17)33-21-14-27-23-22(30-21)19(13-26-23)24(32)28-15(2)10-16-6-5-9-25-12-16/h3-9,11-15H,1,10H2,2H3,(H,26,27)(H,28,32)(H,29,31). The third kappa shape index (κ3) is 5.40. The SMILES string of the molecule is C=CC(=O)Nc1cccc(Oc2cnc3[nH]cc(C(=O)NC(C)Cc4cccnc4)c3n2)c1. The van der Waals surface area contributed by atoms with Crippen molar-refractivity contribution in [1.29, 1.82) is 0 Å². The van der Waals surface area contributed by atoms with Gasteiger partial charge in [0.05, 0.1) is 11.8 Å². The predicted octanol–water partition coefficient (Wildman–Crippen LogP) is 3.63. The van der Waals surface area contributed by atoms with Crippen LogP contribution in [0, 0.1) is 0 Å². The van der Waals surface area contributed by atoms with E-state index in [2.05, 4.69) is 37.1 Å². The lowest BCUT2D eigenvalue weighted by molar-refractivity contribution is -0.111. The van der Waals surface area contributed by atoms with Crippen LogP contribution in [0.3, 0.4) is 0 Å². The van der Waals surface area contributed by atoms with E-state index >= 15 is 0 Å². The summed E-state index contributed by atoms with van der Waals surface area (Å²) in [6, 6.07) is 10.6. The van der Waals surface area contributed by atoms with Gasteiger partial charge in [-0.05, 0) is 43.2 Å². The van der Waals surface area contributed by atoms with E-state index in [-0.39, 0.29) is 23.7 Å². The lowest BCUT2D eigenvalue weighted by Crippen LogP contribution is -2.34. The Kier molecular flexibility index (Phi) is 6.40. The van der Waals surface area contributed by atoms with E-state index in [1.54, 1.807) is 42.9 Å². The van der Waals surface area contributed by atoms with Crippen LogP contribution < -0.4 is 15.4 Å². The topological polar surface area (TPSA) is 122 Å². The largest absolute Gasteiger partial charge is 0.437 e. The summed E-state index contributed by atoms with van der Waals surface area (Å²) >= 11 is 0. The lowest BCUT2D eigenvalue weighted by Gasteiger charge is -2.13. The summed E-state index contributed by atoms with van der Waals surface area (Å²) in [7, 11) is 0. The van der Waals surface area contributed by atoms with Crippen LogP contribution in [0.5, 0.6) is 11.6 Å². The molecule has 0 saturated heterocycles. The number of nitrogens with one attached hydrogen (secondary N) is 3. The Labute approximate surface area is 189 Å². The second-order valence-electron chi connectivity index (χ2n) is 7.37. The maximum Gasteiger partial charge on any atom is 0.255 e. The molecule has 0 spiro atoms. The van der Waals surface area contributed by atoms with Crippen molar-refractivity contribution in [3.63, 3.8) is 0 Å². The second kappa shape index (κ2) is 9.73.